The number of hydrogen-bond donors (Lipinski definition) is 0. The zero-order valence-corrected chi connectivity index (χ0v) is 18.8. The van der Waals surface area contributed by atoms with Crippen molar-refractivity contribution in [3.63, 3.8) is 0 Å². The lowest BCUT2D eigenvalue weighted by atomic mass is 9.88. The van der Waals surface area contributed by atoms with Crippen LogP contribution in [-0.2, 0) is 24.8 Å². The van der Waals surface area contributed by atoms with Gasteiger partial charge in [0.05, 0.1) is 5.56 Å². The van der Waals surface area contributed by atoms with Gasteiger partial charge in [0, 0.05) is 27.6 Å². The average Bonchev–Trinajstić information content (AvgIpc) is 3.29. The summed E-state index contributed by atoms with van der Waals surface area (Å²) in [7, 11) is 0. The van der Waals surface area contributed by atoms with Crippen LogP contribution >= 0.6 is 23.1 Å². The van der Waals surface area contributed by atoms with Gasteiger partial charge in [0.2, 0.25) is 0 Å². The minimum atomic E-state index is -4.33. The van der Waals surface area contributed by atoms with Crippen LogP contribution in [0.5, 0.6) is 0 Å². The van der Waals surface area contributed by atoms with Gasteiger partial charge in [-0.15, -0.1) is 21.5 Å². The largest absolute Gasteiger partial charge is 0.416 e. The Hall–Kier alpha value is -1.80. The molecule has 30 heavy (non-hydrogen) atoms. The first kappa shape index (κ1) is 21.4. The highest BCUT2D eigenvalue weighted by Crippen LogP contribution is 2.39. The lowest BCUT2D eigenvalue weighted by Crippen LogP contribution is -2.10. The van der Waals surface area contributed by atoms with Crippen molar-refractivity contribution in [2.45, 2.75) is 63.2 Å². The second-order valence-electron chi connectivity index (χ2n) is 8.16. The van der Waals surface area contributed by atoms with Crippen molar-refractivity contribution >= 4 is 23.1 Å². The maximum Gasteiger partial charge on any atom is 0.416 e. The first-order valence-corrected chi connectivity index (χ1v) is 11.9. The van der Waals surface area contributed by atoms with E-state index in [9.17, 15) is 13.2 Å². The van der Waals surface area contributed by atoms with Gasteiger partial charge < -0.3 is 0 Å². The molecular formula is C22H24F3N3S2. The van der Waals surface area contributed by atoms with Crippen LogP contribution in [0.25, 0.3) is 11.4 Å². The summed E-state index contributed by atoms with van der Waals surface area (Å²) in [6.45, 7) is 6.46. The van der Waals surface area contributed by atoms with E-state index >= 15 is 0 Å². The Kier molecular flexibility index (Phi) is 5.99. The van der Waals surface area contributed by atoms with E-state index in [0.717, 1.165) is 35.5 Å². The molecule has 1 aromatic carbocycles. The predicted octanol–water partition coefficient (Wildman–Crippen LogP) is 7.02. The molecule has 0 amide bonds. The van der Waals surface area contributed by atoms with E-state index < -0.39 is 11.7 Å². The molecule has 8 heteroatoms. The highest BCUT2D eigenvalue weighted by Gasteiger charge is 2.30. The molecule has 0 spiro atoms. The molecule has 3 aromatic rings. The van der Waals surface area contributed by atoms with Gasteiger partial charge in [-0.25, -0.2) is 0 Å². The van der Waals surface area contributed by atoms with Crippen LogP contribution in [0.1, 0.15) is 54.8 Å². The Morgan fingerprint density at radius 3 is 2.80 bits per heavy atom. The Morgan fingerprint density at radius 2 is 2.07 bits per heavy atom. The summed E-state index contributed by atoms with van der Waals surface area (Å²) in [4.78, 5) is 1.44. The number of aromatic nitrogens is 3. The molecule has 1 atom stereocenters. The number of thiophene rings is 1. The Balaban J connectivity index is 1.60. The smallest absolute Gasteiger partial charge is 0.299 e. The molecule has 0 aliphatic heterocycles. The summed E-state index contributed by atoms with van der Waals surface area (Å²) < 4.78 is 41.1. The average molecular weight is 452 g/mol. The van der Waals surface area contributed by atoms with Crippen LogP contribution in [0.4, 0.5) is 13.2 Å². The molecule has 2 aromatic heterocycles. The number of benzene rings is 1. The van der Waals surface area contributed by atoms with Crippen molar-refractivity contribution in [3.8, 4) is 11.4 Å². The van der Waals surface area contributed by atoms with Crippen LogP contribution in [-0.4, -0.2) is 14.8 Å². The second kappa shape index (κ2) is 8.38. The Morgan fingerprint density at radius 1 is 1.27 bits per heavy atom. The molecular weight excluding hydrogens is 427 g/mol. The van der Waals surface area contributed by atoms with Gasteiger partial charge in [0.1, 0.15) is 0 Å². The van der Waals surface area contributed by atoms with Crippen LogP contribution in [0.2, 0.25) is 0 Å². The third-order valence-corrected chi connectivity index (χ3v) is 7.51. The molecule has 0 fully saturated rings. The summed E-state index contributed by atoms with van der Waals surface area (Å²) in [6.07, 6.45) is -0.967. The summed E-state index contributed by atoms with van der Waals surface area (Å²) in [6, 6.07) is 5.63. The van der Waals surface area contributed by atoms with Crippen molar-refractivity contribution < 1.29 is 13.2 Å². The maximum atomic E-state index is 13.0. The topological polar surface area (TPSA) is 30.7 Å². The standard InChI is InChI=1S/C22H24F3N3S2/c1-13(2)28-20(18-12-29-19-9-14(3)7-8-17(18)19)26-27-21(28)30-11-15-5-4-6-16(10-15)22(23,24)25/h4-6,10,12-14H,7-9,11H2,1-3H3. The fraction of sp³-hybridized carbons (Fsp3) is 0.455. The zero-order chi connectivity index (χ0) is 21.5. The van der Waals surface area contributed by atoms with Gasteiger partial charge in [-0.1, -0.05) is 36.9 Å². The van der Waals surface area contributed by atoms with Crippen LogP contribution in [0.15, 0.2) is 34.8 Å². The minimum absolute atomic E-state index is 0.150. The lowest BCUT2D eigenvalue weighted by molar-refractivity contribution is -0.137. The summed E-state index contributed by atoms with van der Waals surface area (Å²) >= 11 is 3.23. The fourth-order valence-electron chi connectivity index (χ4n) is 3.87. The lowest BCUT2D eigenvalue weighted by Gasteiger charge is -2.19. The molecule has 2 heterocycles. The molecule has 1 aliphatic rings. The van der Waals surface area contributed by atoms with E-state index in [1.165, 1.54) is 40.8 Å². The first-order valence-electron chi connectivity index (χ1n) is 10.1. The third-order valence-electron chi connectivity index (χ3n) is 5.45. The normalized spacial score (nSPS) is 16.8. The molecule has 0 saturated carbocycles. The van der Waals surface area contributed by atoms with Gasteiger partial charge in [-0.3, -0.25) is 4.57 Å². The number of alkyl halides is 3. The third kappa shape index (κ3) is 4.30. The summed E-state index contributed by atoms with van der Waals surface area (Å²) in [5.41, 5.74) is 2.55. The molecule has 0 saturated heterocycles. The van der Waals surface area contributed by atoms with E-state index in [1.807, 2.05) is 0 Å². The van der Waals surface area contributed by atoms with Gasteiger partial charge >= 0.3 is 6.18 Å². The summed E-state index contributed by atoms with van der Waals surface area (Å²) in [5, 5.41) is 11.8. The predicted molar refractivity (Wildman–Crippen MR) is 116 cm³/mol. The van der Waals surface area contributed by atoms with E-state index in [1.54, 1.807) is 17.4 Å². The van der Waals surface area contributed by atoms with Crippen molar-refractivity contribution in [2.75, 3.05) is 0 Å². The van der Waals surface area contributed by atoms with Crippen molar-refractivity contribution in [3.05, 3.63) is 51.2 Å². The first-order chi connectivity index (χ1) is 14.2. The second-order valence-corrected chi connectivity index (χ2v) is 10.1. The molecule has 160 valence electrons. The van der Waals surface area contributed by atoms with Gasteiger partial charge in [0.15, 0.2) is 11.0 Å². The quantitative estimate of drug-likeness (QED) is 0.390. The molecule has 1 aliphatic carbocycles. The van der Waals surface area contributed by atoms with E-state index in [4.69, 9.17) is 0 Å². The molecule has 0 N–H and O–H groups in total. The Bertz CT molecular complexity index is 1040. The molecule has 0 radical (unpaired) electrons. The highest BCUT2D eigenvalue weighted by atomic mass is 32.2. The number of rotatable bonds is 5. The SMILES string of the molecule is CC1CCc2c(-c3nnc(SCc4cccc(C(F)(F)F)c4)n3C(C)C)csc2C1. The number of nitrogens with zero attached hydrogens (tertiary/aromatic N) is 3. The fourth-order valence-corrected chi connectivity index (χ4v) is 6.13. The summed E-state index contributed by atoms with van der Waals surface area (Å²) in [5.74, 6) is 1.99. The molecule has 0 bridgehead atoms. The van der Waals surface area contributed by atoms with Crippen molar-refractivity contribution in [2.24, 2.45) is 5.92 Å². The van der Waals surface area contributed by atoms with Crippen molar-refractivity contribution in [1.82, 2.24) is 14.8 Å². The zero-order valence-electron chi connectivity index (χ0n) is 17.2. The number of fused-ring (bicyclic) bond motifs is 1. The van der Waals surface area contributed by atoms with E-state index in [0.29, 0.717) is 17.2 Å². The number of hydrogen-bond acceptors (Lipinski definition) is 4. The minimum Gasteiger partial charge on any atom is -0.299 e. The molecule has 3 nitrogen and oxygen atoms in total. The van der Waals surface area contributed by atoms with Gasteiger partial charge in [-0.2, -0.15) is 13.2 Å². The maximum absolute atomic E-state index is 13.0. The number of thioether (sulfide) groups is 1. The monoisotopic (exact) mass is 451 g/mol. The Labute approximate surface area is 182 Å². The van der Waals surface area contributed by atoms with Crippen LogP contribution in [0, 0.1) is 5.92 Å². The van der Waals surface area contributed by atoms with E-state index in [-0.39, 0.29) is 6.04 Å². The highest BCUT2D eigenvalue weighted by molar-refractivity contribution is 7.98. The number of halogens is 3. The van der Waals surface area contributed by atoms with Crippen molar-refractivity contribution in [1.29, 1.82) is 0 Å². The van der Waals surface area contributed by atoms with Gasteiger partial charge in [-0.05, 0) is 56.2 Å². The van der Waals surface area contributed by atoms with Gasteiger partial charge in [0.25, 0.3) is 0 Å². The molecule has 1 unspecified atom stereocenters. The van der Waals surface area contributed by atoms with Crippen LogP contribution < -0.4 is 0 Å². The molecule has 4 rings (SSSR count). The van der Waals surface area contributed by atoms with E-state index in [2.05, 4.69) is 40.9 Å². The van der Waals surface area contributed by atoms with Crippen LogP contribution in [0.3, 0.4) is 0 Å².